The Labute approximate surface area is 69.5 Å². The molecule has 2 heteroatoms. The molecule has 1 rings (SSSR count). The molecular formula is C8H10CuO. The fourth-order valence-corrected chi connectivity index (χ4v) is 0.714. The van der Waals surface area contributed by atoms with E-state index in [9.17, 15) is 0 Å². The first-order chi connectivity index (χ1) is 4.93. The van der Waals surface area contributed by atoms with Gasteiger partial charge in [-0.2, -0.15) is 0 Å². The molecule has 0 saturated heterocycles. The predicted molar refractivity (Wildman–Crippen MR) is 36.5 cm³/mol. The molecule has 1 aromatic rings. The second-order valence-electron chi connectivity index (χ2n) is 1.84. The van der Waals surface area contributed by atoms with Crippen LogP contribution in [0.3, 0.4) is 0 Å². The normalized spacial score (nSPS) is 7.90. The zero-order valence-electron chi connectivity index (χ0n) is 5.80. The van der Waals surface area contributed by atoms with Crippen molar-refractivity contribution in [2.75, 3.05) is 0 Å². The van der Waals surface area contributed by atoms with Gasteiger partial charge in [-0.15, -0.1) is 0 Å². The average molecular weight is 186 g/mol. The van der Waals surface area contributed by atoms with Crippen LogP contribution in [0.25, 0.3) is 0 Å². The van der Waals surface area contributed by atoms with E-state index in [0.29, 0.717) is 0 Å². The zero-order chi connectivity index (χ0) is 7.82. The Morgan fingerprint density at radius 2 is 1.70 bits per heavy atom. The average Bonchev–Trinajstić information content (AvgIpc) is 2.10. The first-order valence-corrected chi connectivity index (χ1v) is 3.48. The fraction of sp³-hybridized carbons (Fsp3) is 0.250. The summed E-state index contributed by atoms with van der Waals surface area (Å²) >= 11 is 2.94. The molecule has 0 aliphatic carbocycles. The Hall–Kier alpha value is -0.461. The molecule has 0 fully saturated rings. The Balaban J connectivity index is 0.000000371. The number of hydrogen-bond acceptors (Lipinski definition) is 1. The minimum absolute atomic E-state index is 1.14. The molecule has 1 aromatic carbocycles. The molecule has 0 atom stereocenters. The monoisotopic (exact) mass is 185 g/mol. The van der Waals surface area contributed by atoms with Crippen LogP contribution in [0.1, 0.15) is 12.5 Å². The summed E-state index contributed by atoms with van der Waals surface area (Å²) in [6, 6.07) is 10.5. The van der Waals surface area contributed by atoms with Gasteiger partial charge in [0.25, 0.3) is 0 Å². The van der Waals surface area contributed by atoms with Crippen LogP contribution in [0, 0.1) is 0 Å². The van der Waals surface area contributed by atoms with Gasteiger partial charge in [0.2, 0.25) is 0 Å². The predicted octanol–water partition coefficient (Wildman–Crippen LogP) is 2.13. The molecule has 0 amide bonds. The van der Waals surface area contributed by atoms with Crippen LogP contribution in [0.5, 0.6) is 0 Å². The van der Waals surface area contributed by atoms with E-state index in [1.807, 2.05) is 6.07 Å². The quantitative estimate of drug-likeness (QED) is 0.613. The van der Waals surface area contributed by atoms with Crippen molar-refractivity contribution in [1.82, 2.24) is 0 Å². The Morgan fingerprint density at radius 3 is 2.00 bits per heavy atom. The molecule has 0 heterocycles. The first-order valence-electron chi connectivity index (χ1n) is 3.09. The minimum atomic E-state index is 1.14. The SMILES string of the molecule is CCc1ccccc1.[O]=[Cu]. The van der Waals surface area contributed by atoms with Crippen LogP contribution in [-0.2, 0) is 26.2 Å². The summed E-state index contributed by atoms with van der Waals surface area (Å²) in [6.07, 6.45) is 1.14. The fourth-order valence-electron chi connectivity index (χ4n) is 0.714. The third-order valence-electron chi connectivity index (χ3n) is 1.25. The van der Waals surface area contributed by atoms with Crippen LogP contribution in [0.2, 0.25) is 0 Å². The maximum atomic E-state index is 7.81. The molecule has 0 bridgehead atoms. The van der Waals surface area contributed by atoms with Crippen molar-refractivity contribution < 1.29 is 19.8 Å². The van der Waals surface area contributed by atoms with E-state index >= 15 is 0 Å². The third kappa shape index (κ3) is 3.54. The third-order valence-corrected chi connectivity index (χ3v) is 1.25. The van der Waals surface area contributed by atoms with Gasteiger partial charge in [-0.3, -0.25) is 0 Å². The number of hydrogen-bond donors (Lipinski definition) is 0. The molecule has 0 aromatic heterocycles. The molecule has 0 N–H and O–H groups in total. The van der Waals surface area contributed by atoms with E-state index in [1.165, 1.54) is 5.56 Å². The van der Waals surface area contributed by atoms with Crippen molar-refractivity contribution in [3.8, 4) is 0 Å². The molecule has 59 valence electrons. The molecule has 10 heavy (non-hydrogen) atoms. The van der Waals surface area contributed by atoms with Crippen molar-refractivity contribution in [1.29, 1.82) is 0 Å². The van der Waals surface area contributed by atoms with E-state index in [2.05, 4.69) is 47.1 Å². The molecule has 1 nitrogen and oxygen atoms in total. The van der Waals surface area contributed by atoms with Gasteiger partial charge < -0.3 is 0 Å². The number of rotatable bonds is 1. The van der Waals surface area contributed by atoms with E-state index < -0.39 is 0 Å². The summed E-state index contributed by atoms with van der Waals surface area (Å²) in [5.74, 6) is 0. The second-order valence-corrected chi connectivity index (χ2v) is 1.84. The van der Waals surface area contributed by atoms with Crippen LogP contribution in [0.4, 0.5) is 0 Å². The molecule has 0 aliphatic heterocycles. The molecule has 0 spiro atoms. The molecule has 0 saturated carbocycles. The van der Waals surface area contributed by atoms with Crippen molar-refractivity contribution in [2.45, 2.75) is 13.3 Å². The summed E-state index contributed by atoms with van der Waals surface area (Å²) in [4.78, 5) is 0. The van der Waals surface area contributed by atoms with Crippen LogP contribution < -0.4 is 0 Å². The van der Waals surface area contributed by atoms with Crippen LogP contribution in [0.15, 0.2) is 30.3 Å². The molecular weight excluding hydrogens is 176 g/mol. The second kappa shape index (κ2) is 6.66. The van der Waals surface area contributed by atoms with Crippen molar-refractivity contribution in [3.05, 3.63) is 35.9 Å². The van der Waals surface area contributed by atoms with Gasteiger partial charge in [0.05, 0.1) is 0 Å². The summed E-state index contributed by atoms with van der Waals surface area (Å²) in [5.41, 5.74) is 1.41. The number of benzene rings is 1. The van der Waals surface area contributed by atoms with Gasteiger partial charge in [-0.1, -0.05) is 37.3 Å². The molecule has 0 radical (unpaired) electrons. The van der Waals surface area contributed by atoms with E-state index in [-0.39, 0.29) is 0 Å². The molecule has 0 aliphatic rings. The Kier molecular flexibility index (Phi) is 6.35. The first kappa shape index (κ1) is 9.54. The van der Waals surface area contributed by atoms with Crippen molar-refractivity contribution in [3.63, 3.8) is 0 Å². The van der Waals surface area contributed by atoms with E-state index in [1.54, 1.807) is 0 Å². The zero-order valence-corrected chi connectivity index (χ0v) is 6.75. The standard InChI is InChI=1S/C8H10.Cu.O/c1-2-8-6-4-3-5-7-8;;/h3-7H,2H2,1H3;;. The van der Waals surface area contributed by atoms with Gasteiger partial charge in [-0.25, -0.2) is 0 Å². The Bertz CT molecular complexity index is 162. The molecule has 0 unspecified atom stereocenters. The summed E-state index contributed by atoms with van der Waals surface area (Å²) in [6.45, 7) is 2.16. The van der Waals surface area contributed by atoms with Crippen molar-refractivity contribution >= 4 is 0 Å². The van der Waals surface area contributed by atoms with Gasteiger partial charge >= 0.3 is 19.8 Å². The van der Waals surface area contributed by atoms with Gasteiger partial charge in [-0.05, 0) is 12.0 Å². The maximum absolute atomic E-state index is 7.81. The topological polar surface area (TPSA) is 17.1 Å². The van der Waals surface area contributed by atoms with Crippen LogP contribution in [-0.4, -0.2) is 0 Å². The van der Waals surface area contributed by atoms with E-state index in [0.717, 1.165) is 6.42 Å². The van der Waals surface area contributed by atoms with Crippen LogP contribution >= 0.6 is 0 Å². The summed E-state index contributed by atoms with van der Waals surface area (Å²) in [5, 5.41) is 0. The van der Waals surface area contributed by atoms with Gasteiger partial charge in [0.15, 0.2) is 0 Å². The van der Waals surface area contributed by atoms with E-state index in [4.69, 9.17) is 3.83 Å². The summed E-state index contributed by atoms with van der Waals surface area (Å²) < 4.78 is 7.81. The summed E-state index contributed by atoms with van der Waals surface area (Å²) in [7, 11) is 0. The number of aryl methyl sites for hydroxylation is 1. The Morgan fingerprint density at radius 1 is 1.20 bits per heavy atom. The van der Waals surface area contributed by atoms with Gasteiger partial charge in [0.1, 0.15) is 0 Å². The van der Waals surface area contributed by atoms with Crippen molar-refractivity contribution in [2.24, 2.45) is 0 Å². The van der Waals surface area contributed by atoms with Gasteiger partial charge in [0, 0.05) is 0 Å².